The molecule has 18 heavy (non-hydrogen) atoms. The molecule has 0 bridgehead atoms. The molecule has 1 aliphatic heterocycles. The maximum absolute atomic E-state index is 9.64. The molecule has 0 fully saturated rings. The zero-order chi connectivity index (χ0) is 13.1. The molecule has 0 amide bonds. The average Bonchev–Trinajstić information content (AvgIpc) is 2.39. The van der Waals surface area contributed by atoms with Crippen molar-refractivity contribution in [1.82, 2.24) is 0 Å². The van der Waals surface area contributed by atoms with E-state index in [1.807, 2.05) is 0 Å². The molecular formula is C15H24N2O. The van der Waals surface area contributed by atoms with Gasteiger partial charge in [0.25, 0.3) is 0 Å². The van der Waals surface area contributed by atoms with Gasteiger partial charge in [-0.05, 0) is 37.8 Å². The second-order valence-electron chi connectivity index (χ2n) is 5.25. The summed E-state index contributed by atoms with van der Waals surface area (Å²) in [5.74, 6) is 0. The number of benzene rings is 1. The van der Waals surface area contributed by atoms with Crippen LogP contribution in [0, 0.1) is 6.92 Å². The summed E-state index contributed by atoms with van der Waals surface area (Å²) in [4.78, 5) is 2.30. The van der Waals surface area contributed by atoms with Crippen molar-refractivity contribution in [3.63, 3.8) is 0 Å². The summed E-state index contributed by atoms with van der Waals surface area (Å²) in [5.41, 5.74) is 10.1. The van der Waals surface area contributed by atoms with E-state index in [1.165, 1.54) is 16.8 Å². The van der Waals surface area contributed by atoms with Gasteiger partial charge in [-0.3, -0.25) is 0 Å². The first-order valence-electron chi connectivity index (χ1n) is 6.90. The Morgan fingerprint density at radius 3 is 2.89 bits per heavy atom. The van der Waals surface area contributed by atoms with E-state index in [-0.39, 0.29) is 18.7 Å². The molecular weight excluding hydrogens is 224 g/mol. The second-order valence-corrected chi connectivity index (χ2v) is 5.25. The minimum Gasteiger partial charge on any atom is -0.394 e. The largest absolute Gasteiger partial charge is 0.394 e. The van der Waals surface area contributed by atoms with Crippen LogP contribution in [0.4, 0.5) is 5.69 Å². The Balaban J connectivity index is 2.31. The van der Waals surface area contributed by atoms with E-state index in [9.17, 15) is 5.11 Å². The summed E-state index contributed by atoms with van der Waals surface area (Å²) >= 11 is 0. The Morgan fingerprint density at radius 2 is 2.22 bits per heavy atom. The van der Waals surface area contributed by atoms with Crippen molar-refractivity contribution in [1.29, 1.82) is 0 Å². The van der Waals surface area contributed by atoms with Crippen LogP contribution in [0.5, 0.6) is 0 Å². The highest BCUT2D eigenvalue weighted by atomic mass is 16.3. The quantitative estimate of drug-likeness (QED) is 0.855. The molecule has 1 aromatic carbocycles. The van der Waals surface area contributed by atoms with Gasteiger partial charge >= 0.3 is 0 Å². The lowest BCUT2D eigenvalue weighted by molar-refractivity contribution is 0.238. The van der Waals surface area contributed by atoms with E-state index in [1.54, 1.807) is 0 Å². The molecule has 0 spiro atoms. The molecule has 100 valence electrons. The van der Waals surface area contributed by atoms with Crippen LogP contribution in [-0.2, 0) is 6.42 Å². The van der Waals surface area contributed by atoms with Crippen molar-refractivity contribution in [3.05, 3.63) is 29.3 Å². The topological polar surface area (TPSA) is 49.5 Å². The predicted molar refractivity (Wildman–Crippen MR) is 76.0 cm³/mol. The second kappa shape index (κ2) is 5.72. The van der Waals surface area contributed by atoms with Crippen molar-refractivity contribution in [2.24, 2.45) is 5.73 Å². The summed E-state index contributed by atoms with van der Waals surface area (Å²) < 4.78 is 0. The fourth-order valence-corrected chi connectivity index (χ4v) is 2.84. The standard InChI is InChI=1S/C15H24N2O/c1-3-13(16)15(10-18)17-8-4-5-12-9-11(2)6-7-14(12)17/h6-7,9,13,15,18H,3-5,8,10,16H2,1-2H3. The van der Waals surface area contributed by atoms with Crippen molar-refractivity contribution in [2.75, 3.05) is 18.1 Å². The molecule has 3 heteroatoms. The van der Waals surface area contributed by atoms with Crippen LogP contribution in [0.15, 0.2) is 18.2 Å². The highest BCUT2D eigenvalue weighted by Gasteiger charge is 2.27. The molecule has 2 atom stereocenters. The van der Waals surface area contributed by atoms with E-state index < -0.39 is 0 Å². The van der Waals surface area contributed by atoms with Gasteiger partial charge < -0.3 is 15.7 Å². The van der Waals surface area contributed by atoms with Crippen LogP contribution in [0.1, 0.15) is 30.9 Å². The Labute approximate surface area is 110 Å². The number of hydrogen-bond acceptors (Lipinski definition) is 3. The SMILES string of the molecule is CCC(N)C(CO)N1CCCc2cc(C)ccc21. The lowest BCUT2D eigenvalue weighted by Gasteiger charge is -2.39. The number of rotatable bonds is 4. The minimum atomic E-state index is 0.0299. The van der Waals surface area contributed by atoms with E-state index >= 15 is 0 Å². The number of anilines is 1. The van der Waals surface area contributed by atoms with Gasteiger partial charge in [0.2, 0.25) is 0 Å². The third-order valence-electron chi connectivity index (χ3n) is 3.94. The maximum atomic E-state index is 9.64. The van der Waals surface area contributed by atoms with Crippen LogP contribution in [0.2, 0.25) is 0 Å². The molecule has 1 aliphatic rings. The van der Waals surface area contributed by atoms with Gasteiger partial charge in [0, 0.05) is 18.3 Å². The highest BCUT2D eigenvalue weighted by molar-refractivity contribution is 5.57. The van der Waals surface area contributed by atoms with Gasteiger partial charge in [0.05, 0.1) is 12.6 Å². The molecule has 1 aromatic rings. The van der Waals surface area contributed by atoms with Gasteiger partial charge in [0.15, 0.2) is 0 Å². The van der Waals surface area contributed by atoms with Crippen molar-refractivity contribution >= 4 is 5.69 Å². The molecule has 2 unspecified atom stereocenters. The number of hydrogen-bond donors (Lipinski definition) is 2. The first-order valence-corrected chi connectivity index (χ1v) is 6.90. The molecule has 0 radical (unpaired) electrons. The zero-order valence-corrected chi connectivity index (χ0v) is 11.4. The van der Waals surface area contributed by atoms with Crippen molar-refractivity contribution < 1.29 is 5.11 Å². The fraction of sp³-hybridized carbons (Fsp3) is 0.600. The molecule has 3 nitrogen and oxygen atoms in total. The van der Waals surface area contributed by atoms with Crippen molar-refractivity contribution in [3.8, 4) is 0 Å². The Kier molecular flexibility index (Phi) is 4.25. The maximum Gasteiger partial charge on any atom is 0.0671 e. The summed E-state index contributed by atoms with van der Waals surface area (Å²) in [6.07, 6.45) is 3.17. The highest BCUT2D eigenvalue weighted by Crippen LogP contribution is 2.30. The van der Waals surface area contributed by atoms with E-state index in [2.05, 4.69) is 36.9 Å². The Hall–Kier alpha value is -1.06. The average molecular weight is 248 g/mol. The molecule has 3 N–H and O–H groups in total. The first-order chi connectivity index (χ1) is 8.67. The van der Waals surface area contributed by atoms with E-state index in [0.29, 0.717) is 0 Å². The normalized spacial score (nSPS) is 18.3. The summed E-state index contributed by atoms with van der Waals surface area (Å²) in [6, 6.07) is 6.64. The van der Waals surface area contributed by atoms with Crippen LogP contribution < -0.4 is 10.6 Å². The van der Waals surface area contributed by atoms with Gasteiger partial charge in [-0.15, -0.1) is 0 Å². The summed E-state index contributed by atoms with van der Waals surface area (Å²) in [6.45, 7) is 5.32. The van der Waals surface area contributed by atoms with Gasteiger partial charge in [-0.2, -0.15) is 0 Å². The summed E-state index contributed by atoms with van der Waals surface area (Å²) in [7, 11) is 0. The smallest absolute Gasteiger partial charge is 0.0671 e. The third-order valence-corrected chi connectivity index (χ3v) is 3.94. The van der Waals surface area contributed by atoms with E-state index in [4.69, 9.17) is 5.73 Å². The molecule has 0 saturated heterocycles. The lowest BCUT2D eigenvalue weighted by Crippen LogP contribution is -2.51. The zero-order valence-electron chi connectivity index (χ0n) is 11.4. The third kappa shape index (κ3) is 2.52. The van der Waals surface area contributed by atoms with Crippen LogP contribution >= 0.6 is 0 Å². The van der Waals surface area contributed by atoms with Crippen LogP contribution in [0.25, 0.3) is 0 Å². The molecule has 0 saturated carbocycles. The molecule has 2 rings (SSSR count). The van der Waals surface area contributed by atoms with Gasteiger partial charge in [-0.25, -0.2) is 0 Å². The Bertz CT molecular complexity index is 405. The van der Waals surface area contributed by atoms with Gasteiger partial charge in [0.1, 0.15) is 0 Å². The number of aliphatic hydroxyl groups is 1. The monoisotopic (exact) mass is 248 g/mol. The molecule has 0 aliphatic carbocycles. The number of aliphatic hydroxyl groups excluding tert-OH is 1. The van der Waals surface area contributed by atoms with Crippen LogP contribution in [0.3, 0.4) is 0 Å². The minimum absolute atomic E-state index is 0.0299. The number of aryl methyl sites for hydroxylation is 2. The fourth-order valence-electron chi connectivity index (χ4n) is 2.84. The Morgan fingerprint density at radius 1 is 1.44 bits per heavy atom. The number of fused-ring (bicyclic) bond motifs is 1. The molecule has 1 heterocycles. The number of nitrogens with zero attached hydrogens (tertiary/aromatic N) is 1. The number of nitrogens with two attached hydrogens (primary N) is 1. The van der Waals surface area contributed by atoms with Crippen LogP contribution in [-0.4, -0.2) is 30.3 Å². The van der Waals surface area contributed by atoms with Gasteiger partial charge in [-0.1, -0.05) is 24.6 Å². The predicted octanol–water partition coefficient (Wildman–Crippen LogP) is 1.85. The van der Waals surface area contributed by atoms with E-state index in [0.717, 1.165) is 25.8 Å². The molecule has 0 aromatic heterocycles. The summed E-state index contributed by atoms with van der Waals surface area (Å²) in [5, 5.41) is 9.64. The lowest BCUT2D eigenvalue weighted by atomic mass is 9.96. The first kappa shape index (κ1) is 13.4. The van der Waals surface area contributed by atoms with Crippen molar-refractivity contribution in [2.45, 2.75) is 45.2 Å².